The summed E-state index contributed by atoms with van der Waals surface area (Å²) in [5.74, 6) is 5.57. The van der Waals surface area contributed by atoms with Gasteiger partial charge < -0.3 is 0 Å². The molecule has 0 amide bonds. The van der Waals surface area contributed by atoms with Crippen molar-refractivity contribution >= 4 is 15.9 Å². The maximum atomic E-state index is 13.4. The van der Waals surface area contributed by atoms with E-state index >= 15 is 0 Å². The lowest BCUT2D eigenvalue weighted by Crippen LogP contribution is -2.59. The summed E-state index contributed by atoms with van der Waals surface area (Å²) in [5, 5.41) is 0. The molecule has 20 heavy (non-hydrogen) atoms. The topological polar surface area (TPSA) is 41.3 Å². The first kappa shape index (κ1) is 15.9. The lowest BCUT2D eigenvalue weighted by Gasteiger charge is -2.42. The second kappa shape index (κ2) is 6.52. The molecular formula is C15H23BrFN3. The van der Waals surface area contributed by atoms with Crippen LogP contribution in [0.2, 0.25) is 0 Å². The first-order valence-electron chi connectivity index (χ1n) is 7.10. The molecule has 0 aliphatic carbocycles. The second-order valence-electron chi connectivity index (χ2n) is 6.01. The van der Waals surface area contributed by atoms with E-state index in [0.29, 0.717) is 6.42 Å². The third kappa shape index (κ3) is 3.39. The molecule has 112 valence electrons. The molecule has 0 radical (unpaired) electrons. The maximum Gasteiger partial charge on any atom is 0.123 e. The largest absolute Gasteiger partial charge is 0.297 e. The normalized spacial score (nSPS) is 18.4. The predicted octanol–water partition coefficient (Wildman–Crippen LogP) is 2.84. The van der Waals surface area contributed by atoms with Crippen LogP contribution in [0.15, 0.2) is 22.7 Å². The van der Waals surface area contributed by atoms with Gasteiger partial charge in [0, 0.05) is 16.1 Å². The van der Waals surface area contributed by atoms with Crippen LogP contribution >= 0.6 is 15.9 Å². The van der Waals surface area contributed by atoms with Gasteiger partial charge in [-0.1, -0.05) is 15.9 Å². The molecule has 1 aliphatic rings. The summed E-state index contributed by atoms with van der Waals surface area (Å²) in [5.41, 5.74) is 3.82. The van der Waals surface area contributed by atoms with E-state index in [2.05, 4.69) is 40.1 Å². The van der Waals surface area contributed by atoms with Crippen LogP contribution in [-0.4, -0.2) is 29.6 Å². The summed E-state index contributed by atoms with van der Waals surface area (Å²) in [7, 11) is 0. The molecular weight excluding hydrogens is 321 g/mol. The van der Waals surface area contributed by atoms with Gasteiger partial charge in [-0.05, 0) is 70.0 Å². The number of nitrogens with one attached hydrogen (secondary N) is 1. The average molecular weight is 344 g/mol. The molecule has 0 bridgehead atoms. The minimum absolute atomic E-state index is 0.0585. The summed E-state index contributed by atoms with van der Waals surface area (Å²) in [6, 6.07) is 4.86. The van der Waals surface area contributed by atoms with Crippen LogP contribution in [0.25, 0.3) is 0 Å². The maximum absolute atomic E-state index is 13.4. The molecule has 1 atom stereocenters. The number of hydrogen-bond donors (Lipinski definition) is 2. The third-order valence-corrected chi connectivity index (χ3v) is 5.18. The van der Waals surface area contributed by atoms with E-state index in [1.54, 1.807) is 12.1 Å². The molecule has 1 aromatic carbocycles. The number of likely N-dealkylation sites (tertiary alicyclic amines) is 1. The van der Waals surface area contributed by atoms with Gasteiger partial charge in [0.05, 0.1) is 0 Å². The van der Waals surface area contributed by atoms with Gasteiger partial charge >= 0.3 is 0 Å². The third-order valence-electron chi connectivity index (χ3n) is 4.41. The monoisotopic (exact) mass is 343 g/mol. The van der Waals surface area contributed by atoms with Crippen molar-refractivity contribution in [2.75, 3.05) is 13.1 Å². The van der Waals surface area contributed by atoms with Crippen molar-refractivity contribution in [3.05, 3.63) is 34.1 Å². The number of benzene rings is 1. The zero-order chi connectivity index (χ0) is 14.8. The molecule has 0 spiro atoms. The first-order valence-corrected chi connectivity index (χ1v) is 7.89. The zero-order valence-corrected chi connectivity index (χ0v) is 13.7. The Bertz CT molecular complexity index is 458. The van der Waals surface area contributed by atoms with Gasteiger partial charge in [-0.3, -0.25) is 16.2 Å². The lowest BCUT2D eigenvalue weighted by molar-refractivity contribution is 0.106. The van der Waals surface area contributed by atoms with E-state index in [4.69, 9.17) is 5.84 Å². The summed E-state index contributed by atoms with van der Waals surface area (Å²) in [6.45, 7) is 6.62. The molecule has 2 rings (SSSR count). The van der Waals surface area contributed by atoms with E-state index in [1.165, 1.54) is 18.9 Å². The number of nitrogens with two attached hydrogens (primary N) is 1. The minimum Gasteiger partial charge on any atom is -0.297 e. The molecule has 1 saturated heterocycles. The molecule has 0 aromatic heterocycles. The lowest BCUT2D eigenvalue weighted by atomic mass is 9.88. The Morgan fingerprint density at radius 1 is 1.40 bits per heavy atom. The quantitative estimate of drug-likeness (QED) is 0.638. The Labute approximate surface area is 128 Å². The van der Waals surface area contributed by atoms with Gasteiger partial charge in [-0.25, -0.2) is 4.39 Å². The molecule has 3 nitrogen and oxygen atoms in total. The average Bonchev–Trinajstić information content (AvgIpc) is 2.94. The Morgan fingerprint density at radius 2 is 2.05 bits per heavy atom. The fraction of sp³-hybridized carbons (Fsp3) is 0.600. The van der Waals surface area contributed by atoms with Crippen molar-refractivity contribution in [3.8, 4) is 0 Å². The van der Waals surface area contributed by atoms with Crippen LogP contribution in [0.1, 0.15) is 32.3 Å². The van der Waals surface area contributed by atoms with E-state index in [1.807, 2.05) is 0 Å². The molecule has 5 heteroatoms. The number of hydrogen-bond acceptors (Lipinski definition) is 3. The van der Waals surface area contributed by atoms with Crippen LogP contribution in [0.4, 0.5) is 4.39 Å². The highest BCUT2D eigenvalue weighted by molar-refractivity contribution is 9.10. The van der Waals surface area contributed by atoms with Crippen LogP contribution in [0.5, 0.6) is 0 Å². The Kier molecular flexibility index (Phi) is 5.18. The van der Waals surface area contributed by atoms with Crippen molar-refractivity contribution in [1.82, 2.24) is 10.3 Å². The molecule has 3 N–H and O–H groups in total. The summed E-state index contributed by atoms with van der Waals surface area (Å²) < 4.78 is 14.3. The number of halogens is 2. The summed E-state index contributed by atoms with van der Waals surface area (Å²) >= 11 is 3.49. The first-order chi connectivity index (χ1) is 9.45. The smallest absolute Gasteiger partial charge is 0.123 e. The Hall–Kier alpha value is -0.490. The van der Waals surface area contributed by atoms with E-state index in [0.717, 1.165) is 23.1 Å². The van der Waals surface area contributed by atoms with Gasteiger partial charge in [-0.2, -0.15) is 0 Å². The number of hydrazine groups is 1. The molecule has 1 unspecified atom stereocenters. The SMILES string of the molecule is CC(C)(C(Cc1cc(F)ccc1Br)NN)N1CCCC1. The minimum atomic E-state index is -0.210. The summed E-state index contributed by atoms with van der Waals surface area (Å²) in [4.78, 5) is 2.46. The van der Waals surface area contributed by atoms with Gasteiger partial charge in [-0.15, -0.1) is 0 Å². The highest BCUT2D eigenvalue weighted by Gasteiger charge is 2.36. The van der Waals surface area contributed by atoms with Gasteiger partial charge in [0.15, 0.2) is 0 Å². The predicted molar refractivity (Wildman–Crippen MR) is 83.8 cm³/mol. The Morgan fingerprint density at radius 3 is 2.65 bits per heavy atom. The molecule has 1 aromatic rings. The standard InChI is InChI=1S/C15H23BrFN3/c1-15(2,20-7-3-4-8-20)14(19-18)10-11-9-12(17)5-6-13(11)16/h5-6,9,14,19H,3-4,7-8,10,18H2,1-2H3. The van der Waals surface area contributed by atoms with Crippen molar-refractivity contribution in [1.29, 1.82) is 0 Å². The van der Waals surface area contributed by atoms with Crippen molar-refractivity contribution < 1.29 is 4.39 Å². The van der Waals surface area contributed by atoms with Crippen molar-refractivity contribution in [3.63, 3.8) is 0 Å². The second-order valence-corrected chi connectivity index (χ2v) is 6.86. The fourth-order valence-electron chi connectivity index (χ4n) is 2.95. The molecule has 1 fully saturated rings. The highest BCUT2D eigenvalue weighted by atomic mass is 79.9. The van der Waals surface area contributed by atoms with Crippen molar-refractivity contribution in [2.24, 2.45) is 5.84 Å². The van der Waals surface area contributed by atoms with Crippen LogP contribution in [0.3, 0.4) is 0 Å². The van der Waals surface area contributed by atoms with Gasteiger partial charge in [0.25, 0.3) is 0 Å². The van der Waals surface area contributed by atoms with Crippen LogP contribution in [-0.2, 0) is 6.42 Å². The zero-order valence-electron chi connectivity index (χ0n) is 12.1. The highest BCUT2D eigenvalue weighted by Crippen LogP contribution is 2.28. The molecule has 0 saturated carbocycles. The number of nitrogens with zero attached hydrogens (tertiary/aromatic N) is 1. The van der Waals surface area contributed by atoms with Crippen LogP contribution in [0, 0.1) is 5.82 Å². The Balaban J connectivity index is 2.17. The summed E-state index contributed by atoms with van der Waals surface area (Å²) in [6.07, 6.45) is 3.17. The van der Waals surface area contributed by atoms with E-state index < -0.39 is 0 Å². The van der Waals surface area contributed by atoms with Gasteiger partial charge in [0.2, 0.25) is 0 Å². The number of rotatable bonds is 5. The molecule has 1 heterocycles. The van der Waals surface area contributed by atoms with E-state index in [9.17, 15) is 4.39 Å². The van der Waals surface area contributed by atoms with E-state index in [-0.39, 0.29) is 17.4 Å². The molecule has 1 aliphatic heterocycles. The van der Waals surface area contributed by atoms with Crippen LogP contribution < -0.4 is 11.3 Å². The van der Waals surface area contributed by atoms with Crippen molar-refractivity contribution in [2.45, 2.75) is 44.7 Å². The fourth-order valence-corrected chi connectivity index (χ4v) is 3.35. The van der Waals surface area contributed by atoms with Gasteiger partial charge in [0.1, 0.15) is 5.82 Å².